The number of carbonyl (C=O) groups is 2. The number of hydrogen-bond acceptors (Lipinski definition) is 4. The van der Waals surface area contributed by atoms with Gasteiger partial charge >= 0.3 is 5.97 Å². The van der Waals surface area contributed by atoms with Crippen LogP contribution >= 0.6 is 0 Å². The zero-order valence-electron chi connectivity index (χ0n) is 11.4. The molecule has 0 bridgehead atoms. The lowest BCUT2D eigenvalue weighted by Crippen LogP contribution is -2.46. The topological polar surface area (TPSA) is 75.6 Å². The molecule has 1 amide bonds. The van der Waals surface area contributed by atoms with Gasteiger partial charge in [0.05, 0.1) is 12.5 Å². The minimum Gasteiger partial charge on any atom is -0.469 e. The number of rotatable bonds is 5. The molecule has 1 rings (SSSR count). The third kappa shape index (κ3) is 3.22. The average molecular weight is 257 g/mol. The second-order valence-corrected chi connectivity index (χ2v) is 5.39. The fourth-order valence-electron chi connectivity index (χ4n) is 2.38. The van der Waals surface area contributed by atoms with Crippen molar-refractivity contribution in [2.24, 2.45) is 11.3 Å². The SMILES string of the molecule is COC(=O)C1(CNC(=O)[C@@H](O)C(C)C)CCCC1. The van der Waals surface area contributed by atoms with Gasteiger partial charge in [-0.2, -0.15) is 0 Å². The number of ether oxygens (including phenoxy) is 1. The van der Waals surface area contributed by atoms with Gasteiger partial charge in [0.1, 0.15) is 6.10 Å². The van der Waals surface area contributed by atoms with Crippen LogP contribution in [0, 0.1) is 11.3 Å². The fraction of sp³-hybridized carbons (Fsp3) is 0.846. The van der Waals surface area contributed by atoms with Crippen molar-refractivity contribution in [1.29, 1.82) is 0 Å². The number of aliphatic hydroxyl groups excluding tert-OH is 1. The summed E-state index contributed by atoms with van der Waals surface area (Å²) in [7, 11) is 1.37. The number of nitrogens with one attached hydrogen (secondary N) is 1. The van der Waals surface area contributed by atoms with Gasteiger partial charge < -0.3 is 15.2 Å². The highest BCUT2D eigenvalue weighted by atomic mass is 16.5. The van der Waals surface area contributed by atoms with Crippen molar-refractivity contribution in [1.82, 2.24) is 5.32 Å². The summed E-state index contributed by atoms with van der Waals surface area (Å²) in [6.07, 6.45) is 2.38. The summed E-state index contributed by atoms with van der Waals surface area (Å²) in [5, 5.41) is 12.3. The average Bonchev–Trinajstić information content (AvgIpc) is 2.83. The van der Waals surface area contributed by atoms with E-state index in [-0.39, 0.29) is 18.4 Å². The Balaban J connectivity index is 2.59. The van der Waals surface area contributed by atoms with Crippen molar-refractivity contribution < 1.29 is 19.4 Å². The molecule has 5 nitrogen and oxygen atoms in total. The number of methoxy groups -OCH3 is 1. The van der Waals surface area contributed by atoms with Gasteiger partial charge in [-0.05, 0) is 18.8 Å². The van der Waals surface area contributed by atoms with Crippen molar-refractivity contribution in [3.63, 3.8) is 0 Å². The Morgan fingerprint density at radius 1 is 1.33 bits per heavy atom. The molecule has 1 atom stereocenters. The summed E-state index contributed by atoms with van der Waals surface area (Å²) in [6.45, 7) is 3.80. The monoisotopic (exact) mass is 257 g/mol. The third-order valence-corrected chi connectivity index (χ3v) is 3.68. The van der Waals surface area contributed by atoms with Crippen molar-refractivity contribution >= 4 is 11.9 Å². The molecule has 1 saturated carbocycles. The fourth-order valence-corrected chi connectivity index (χ4v) is 2.38. The van der Waals surface area contributed by atoms with Gasteiger partial charge in [-0.25, -0.2) is 0 Å². The molecule has 2 N–H and O–H groups in total. The first-order valence-corrected chi connectivity index (χ1v) is 6.47. The van der Waals surface area contributed by atoms with Gasteiger partial charge in [0.15, 0.2) is 0 Å². The molecule has 0 radical (unpaired) electrons. The maximum absolute atomic E-state index is 11.8. The molecule has 0 aromatic rings. The molecular weight excluding hydrogens is 234 g/mol. The first kappa shape index (κ1) is 15.0. The van der Waals surface area contributed by atoms with Gasteiger partial charge in [-0.15, -0.1) is 0 Å². The van der Waals surface area contributed by atoms with E-state index in [1.807, 2.05) is 0 Å². The minimum atomic E-state index is -1.03. The second kappa shape index (κ2) is 6.18. The molecule has 1 fully saturated rings. The van der Waals surface area contributed by atoms with Crippen molar-refractivity contribution in [2.45, 2.75) is 45.6 Å². The quantitative estimate of drug-likeness (QED) is 0.716. The Morgan fingerprint density at radius 3 is 2.33 bits per heavy atom. The molecule has 1 aliphatic rings. The number of amides is 1. The molecule has 0 saturated heterocycles. The summed E-state index contributed by atoms with van der Waals surface area (Å²) >= 11 is 0. The van der Waals surface area contributed by atoms with Gasteiger partial charge in [0, 0.05) is 6.54 Å². The van der Waals surface area contributed by atoms with E-state index in [0.717, 1.165) is 25.7 Å². The summed E-state index contributed by atoms with van der Waals surface area (Å²) in [6, 6.07) is 0. The highest BCUT2D eigenvalue weighted by molar-refractivity contribution is 5.82. The normalized spacial score (nSPS) is 19.6. The largest absolute Gasteiger partial charge is 0.469 e. The summed E-state index contributed by atoms with van der Waals surface area (Å²) < 4.78 is 4.82. The molecule has 0 heterocycles. The van der Waals surface area contributed by atoms with E-state index in [1.54, 1.807) is 13.8 Å². The van der Waals surface area contributed by atoms with E-state index in [9.17, 15) is 14.7 Å². The first-order valence-electron chi connectivity index (χ1n) is 6.47. The van der Waals surface area contributed by atoms with Crippen LogP contribution in [0.2, 0.25) is 0 Å². The molecule has 0 aromatic heterocycles. The number of esters is 1. The summed E-state index contributed by atoms with van der Waals surface area (Å²) in [4.78, 5) is 23.5. The van der Waals surface area contributed by atoms with E-state index in [1.165, 1.54) is 7.11 Å². The standard InChI is InChI=1S/C13H23NO4/c1-9(2)10(15)11(16)14-8-13(12(17)18-3)6-4-5-7-13/h9-10,15H,4-8H2,1-3H3,(H,14,16)/t10-/m0/s1. The van der Waals surface area contributed by atoms with Crippen LogP contribution in [-0.2, 0) is 14.3 Å². The molecule has 1 aliphatic carbocycles. The smallest absolute Gasteiger partial charge is 0.313 e. The van der Waals surface area contributed by atoms with Gasteiger partial charge in [-0.3, -0.25) is 9.59 Å². The van der Waals surface area contributed by atoms with Crippen molar-refractivity contribution in [2.75, 3.05) is 13.7 Å². The molecule has 0 unspecified atom stereocenters. The maximum Gasteiger partial charge on any atom is 0.313 e. The number of carbonyl (C=O) groups excluding carboxylic acids is 2. The van der Waals surface area contributed by atoms with Crippen molar-refractivity contribution in [3.05, 3.63) is 0 Å². The van der Waals surface area contributed by atoms with Crippen LogP contribution in [0.3, 0.4) is 0 Å². The van der Waals surface area contributed by atoms with Gasteiger partial charge in [0.25, 0.3) is 0 Å². The minimum absolute atomic E-state index is 0.136. The van der Waals surface area contributed by atoms with Crippen LogP contribution in [0.25, 0.3) is 0 Å². The van der Waals surface area contributed by atoms with E-state index in [2.05, 4.69) is 5.32 Å². The van der Waals surface area contributed by atoms with Crippen LogP contribution in [0.1, 0.15) is 39.5 Å². The van der Waals surface area contributed by atoms with Crippen LogP contribution in [0.15, 0.2) is 0 Å². The molecule has 0 aromatic carbocycles. The maximum atomic E-state index is 11.8. The second-order valence-electron chi connectivity index (χ2n) is 5.39. The predicted molar refractivity (Wildman–Crippen MR) is 66.8 cm³/mol. The number of aliphatic hydroxyl groups is 1. The zero-order valence-corrected chi connectivity index (χ0v) is 11.4. The molecule has 104 valence electrons. The van der Waals surface area contributed by atoms with Crippen LogP contribution in [-0.4, -0.2) is 36.7 Å². The van der Waals surface area contributed by atoms with Gasteiger partial charge in [0.2, 0.25) is 5.91 Å². The van der Waals surface area contributed by atoms with Crippen LogP contribution in [0.5, 0.6) is 0 Å². The third-order valence-electron chi connectivity index (χ3n) is 3.68. The lowest BCUT2D eigenvalue weighted by Gasteiger charge is -2.27. The molecule has 0 spiro atoms. The molecule has 5 heteroatoms. The Kier molecular flexibility index (Phi) is 5.14. The molecule has 18 heavy (non-hydrogen) atoms. The Morgan fingerprint density at radius 2 is 1.89 bits per heavy atom. The van der Waals surface area contributed by atoms with Crippen LogP contribution < -0.4 is 5.32 Å². The van der Waals surface area contributed by atoms with E-state index in [0.29, 0.717) is 0 Å². The molecular formula is C13H23NO4. The van der Waals surface area contributed by atoms with Crippen molar-refractivity contribution in [3.8, 4) is 0 Å². The summed E-state index contributed by atoms with van der Waals surface area (Å²) in [5.41, 5.74) is -0.596. The molecule has 0 aliphatic heterocycles. The Hall–Kier alpha value is -1.10. The Labute approximate surface area is 108 Å². The zero-order chi connectivity index (χ0) is 13.8. The van der Waals surface area contributed by atoms with E-state index < -0.39 is 17.4 Å². The Bertz CT molecular complexity index is 308. The van der Waals surface area contributed by atoms with Gasteiger partial charge in [-0.1, -0.05) is 26.7 Å². The van der Waals surface area contributed by atoms with E-state index >= 15 is 0 Å². The summed E-state index contributed by atoms with van der Waals surface area (Å²) in [5.74, 6) is -0.817. The number of hydrogen-bond donors (Lipinski definition) is 2. The predicted octanol–water partition coefficient (Wildman–Crippen LogP) is 0.853. The lowest BCUT2D eigenvalue weighted by atomic mass is 9.86. The highest BCUT2D eigenvalue weighted by Gasteiger charge is 2.42. The lowest BCUT2D eigenvalue weighted by molar-refractivity contribution is -0.152. The van der Waals surface area contributed by atoms with E-state index in [4.69, 9.17) is 4.74 Å². The van der Waals surface area contributed by atoms with Crippen LogP contribution in [0.4, 0.5) is 0 Å². The highest BCUT2D eigenvalue weighted by Crippen LogP contribution is 2.38. The first-order chi connectivity index (χ1) is 8.43.